The first-order chi connectivity index (χ1) is 18.3. The van der Waals surface area contributed by atoms with Crippen LogP contribution in [0, 0.1) is 12.7 Å². The summed E-state index contributed by atoms with van der Waals surface area (Å²) in [4.78, 5) is 39.1. The van der Waals surface area contributed by atoms with Crippen LogP contribution in [0.4, 0.5) is 14.9 Å². The highest BCUT2D eigenvalue weighted by molar-refractivity contribution is 6.39. The van der Waals surface area contributed by atoms with Crippen molar-refractivity contribution in [3.05, 3.63) is 100 Å². The maximum absolute atomic E-state index is 13.4. The number of halogens is 2. The number of carbonyl (C=O) groups excluding carboxylic acids is 3. The van der Waals surface area contributed by atoms with Crippen molar-refractivity contribution in [3.63, 3.8) is 0 Å². The fourth-order valence-electron chi connectivity index (χ4n) is 4.34. The van der Waals surface area contributed by atoms with Crippen LogP contribution in [-0.2, 0) is 16.1 Å². The molecule has 1 aliphatic heterocycles. The molecule has 0 aliphatic carbocycles. The summed E-state index contributed by atoms with van der Waals surface area (Å²) >= 11 is 6.08. The summed E-state index contributed by atoms with van der Waals surface area (Å²) in [6.45, 7) is 3.04. The largest absolute Gasteiger partial charge is 0.494 e. The number of ether oxygens (including phenoxy) is 1. The number of fused-ring (bicyclic) bond motifs is 1. The lowest BCUT2D eigenvalue weighted by Crippen LogP contribution is -2.54. The van der Waals surface area contributed by atoms with Crippen LogP contribution >= 0.6 is 11.6 Å². The lowest BCUT2D eigenvalue weighted by Gasteiger charge is -2.26. The normalized spacial score (nSPS) is 14.9. The number of para-hydroxylation sites is 1. The smallest absolute Gasteiger partial charge is 0.335 e. The van der Waals surface area contributed by atoms with E-state index >= 15 is 0 Å². The molecular formula is C29H23ClFN3O4. The summed E-state index contributed by atoms with van der Waals surface area (Å²) < 4.78 is 21.3. The summed E-state index contributed by atoms with van der Waals surface area (Å²) in [5.41, 5.74) is 2.49. The molecule has 1 fully saturated rings. The second-order valence-electron chi connectivity index (χ2n) is 8.84. The van der Waals surface area contributed by atoms with Crippen LogP contribution in [0.3, 0.4) is 0 Å². The Bertz CT molecular complexity index is 1590. The molecule has 0 bridgehead atoms. The molecule has 0 spiro atoms. The number of anilines is 1. The van der Waals surface area contributed by atoms with E-state index in [1.165, 1.54) is 18.2 Å². The molecule has 0 unspecified atom stereocenters. The molecule has 1 saturated heterocycles. The van der Waals surface area contributed by atoms with Gasteiger partial charge >= 0.3 is 6.03 Å². The Hall–Kier alpha value is -4.43. The van der Waals surface area contributed by atoms with Crippen LogP contribution in [0.5, 0.6) is 5.75 Å². The van der Waals surface area contributed by atoms with E-state index in [0.29, 0.717) is 30.2 Å². The first kappa shape index (κ1) is 25.2. The van der Waals surface area contributed by atoms with Crippen LogP contribution in [0.15, 0.2) is 78.5 Å². The first-order valence-electron chi connectivity index (χ1n) is 12.0. The van der Waals surface area contributed by atoms with E-state index in [1.807, 2.05) is 54.1 Å². The predicted octanol–water partition coefficient (Wildman–Crippen LogP) is 5.88. The fourth-order valence-corrected chi connectivity index (χ4v) is 4.46. The van der Waals surface area contributed by atoms with Crippen LogP contribution in [0.25, 0.3) is 17.0 Å². The lowest BCUT2D eigenvalue weighted by molar-refractivity contribution is -0.122. The van der Waals surface area contributed by atoms with Gasteiger partial charge in [0, 0.05) is 34.2 Å². The number of rotatable bonds is 7. The number of hydrogen-bond acceptors (Lipinski definition) is 4. The summed E-state index contributed by atoms with van der Waals surface area (Å²) in [6.07, 6.45) is 4.05. The third-order valence-corrected chi connectivity index (χ3v) is 6.67. The Balaban J connectivity index is 1.38. The molecule has 1 aromatic heterocycles. The molecule has 38 heavy (non-hydrogen) atoms. The van der Waals surface area contributed by atoms with E-state index in [4.69, 9.17) is 16.3 Å². The fraction of sp³-hybridized carbons (Fsp3) is 0.138. The number of hydrogen-bond donors (Lipinski definition) is 1. The first-order valence-corrected chi connectivity index (χ1v) is 12.3. The number of nitrogens with zero attached hydrogens (tertiary/aromatic N) is 2. The molecule has 7 nitrogen and oxygen atoms in total. The van der Waals surface area contributed by atoms with E-state index in [-0.39, 0.29) is 11.3 Å². The minimum Gasteiger partial charge on any atom is -0.494 e. The van der Waals surface area contributed by atoms with Crippen LogP contribution in [0.1, 0.15) is 17.5 Å². The summed E-state index contributed by atoms with van der Waals surface area (Å²) in [7, 11) is 0. The maximum atomic E-state index is 13.4. The van der Waals surface area contributed by atoms with Gasteiger partial charge in [-0.1, -0.05) is 29.8 Å². The number of imide groups is 2. The van der Waals surface area contributed by atoms with Crippen molar-refractivity contribution in [3.8, 4) is 5.75 Å². The lowest BCUT2D eigenvalue weighted by atomic mass is 10.1. The second-order valence-corrected chi connectivity index (χ2v) is 9.25. The highest BCUT2D eigenvalue weighted by atomic mass is 35.5. The Morgan fingerprint density at radius 3 is 2.55 bits per heavy atom. The average molecular weight is 532 g/mol. The van der Waals surface area contributed by atoms with Crippen molar-refractivity contribution in [2.45, 2.75) is 19.9 Å². The van der Waals surface area contributed by atoms with Crippen LogP contribution < -0.4 is 15.0 Å². The summed E-state index contributed by atoms with van der Waals surface area (Å²) in [5, 5.41) is 3.73. The highest BCUT2D eigenvalue weighted by Gasteiger charge is 2.37. The molecule has 192 valence electrons. The van der Waals surface area contributed by atoms with Gasteiger partial charge in [0.05, 0.1) is 12.3 Å². The molecule has 5 rings (SSSR count). The van der Waals surface area contributed by atoms with Crippen LogP contribution in [0.2, 0.25) is 5.02 Å². The molecule has 1 N–H and O–H groups in total. The van der Waals surface area contributed by atoms with E-state index in [9.17, 15) is 18.8 Å². The predicted molar refractivity (Wildman–Crippen MR) is 144 cm³/mol. The molecule has 9 heteroatoms. The molecule has 4 aromatic rings. The molecule has 0 atom stereocenters. The zero-order valence-corrected chi connectivity index (χ0v) is 21.2. The number of carbonyl (C=O) groups is 3. The quantitative estimate of drug-likeness (QED) is 0.183. The van der Waals surface area contributed by atoms with Gasteiger partial charge in [0.2, 0.25) is 0 Å². The van der Waals surface area contributed by atoms with Gasteiger partial charge < -0.3 is 9.30 Å². The Morgan fingerprint density at radius 1 is 1.03 bits per heavy atom. The molecule has 4 amide bonds. The van der Waals surface area contributed by atoms with Gasteiger partial charge in [-0.25, -0.2) is 14.1 Å². The molecule has 2 heterocycles. The van der Waals surface area contributed by atoms with Crippen molar-refractivity contribution >= 4 is 52.1 Å². The zero-order chi connectivity index (χ0) is 26.8. The van der Waals surface area contributed by atoms with E-state index < -0.39 is 23.7 Å². The number of urea groups is 1. The van der Waals surface area contributed by atoms with Gasteiger partial charge in [0.1, 0.15) is 17.1 Å². The van der Waals surface area contributed by atoms with Gasteiger partial charge in [-0.3, -0.25) is 14.9 Å². The Labute approximate surface area is 223 Å². The SMILES string of the molecule is Cc1cc(OCCCn2cc(/C=C3/C(=O)NC(=O)N(c4ccc(F)cc4)C3=O)c3ccccc32)ccc1Cl. The van der Waals surface area contributed by atoms with Gasteiger partial charge in [0.15, 0.2) is 0 Å². The molecule has 3 aromatic carbocycles. The van der Waals surface area contributed by atoms with Gasteiger partial charge in [-0.15, -0.1) is 0 Å². The highest BCUT2D eigenvalue weighted by Crippen LogP contribution is 2.27. The third kappa shape index (κ3) is 5.03. The standard InChI is InChI=1S/C29H23ClFN3O4/c1-18-15-22(11-12-25(18)30)38-14-4-13-33-17-19(23-5-2-3-6-26(23)33)16-24-27(35)32-29(37)34(28(24)36)21-9-7-20(31)8-10-21/h2-3,5-12,15-17H,4,13-14H2,1H3,(H,32,35,37)/b24-16-. The van der Waals surface area contributed by atoms with Crippen molar-refractivity contribution in [2.75, 3.05) is 11.5 Å². The van der Waals surface area contributed by atoms with Gasteiger partial charge in [-0.05, 0) is 73.5 Å². The second kappa shape index (κ2) is 10.5. The molecular weight excluding hydrogens is 509 g/mol. The third-order valence-electron chi connectivity index (χ3n) is 6.25. The number of benzene rings is 3. The number of aryl methyl sites for hydroxylation is 2. The molecule has 0 radical (unpaired) electrons. The van der Waals surface area contributed by atoms with Crippen molar-refractivity contribution < 1.29 is 23.5 Å². The minimum atomic E-state index is -0.887. The van der Waals surface area contributed by atoms with Crippen molar-refractivity contribution in [1.29, 1.82) is 0 Å². The van der Waals surface area contributed by atoms with Crippen molar-refractivity contribution in [1.82, 2.24) is 9.88 Å². The molecule has 0 saturated carbocycles. The van der Waals surface area contributed by atoms with E-state index in [2.05, 4.69) is 5.32 Å². The van der Waals surface area contributed by atoms with Gasteiger partial charge in [-0.2, -0.15) is 0 Å². The van der Waals surface area contributed by atoms with E-state index in [0.717, 1.165) is 39.2 Å². The zero-order valence-electron chi connectivity index (χ0n) is 20.4. The van der Waals surface area contributed by atoms with Crippen molar-refractivity contribution in [2.24, 2.45) is 0 Å². The Kier molecular flexibility index (Phi) is 6.98. The maximum Gasteiger partial charge on any atom is 0.335 e. The topological polar surface area (TPSA) is 80.6 Å². The van der Waals surface area contributed by atoms with Gasteiger partial charge in [0.25, 0.3) is 11.8 Å². The number of barbiturate groups is 1. The molecule has 1 aliphatic rings. The summed E-state index contributed by atoms with van der Waals surface area (Å²) in [6, 6.07) is 17.2. The minimum absolute atomic E-state index is 0.158. The van der Waals surface area contributed by atoms with E-state index in [1.54, 1.807) is 6.07 Å². The number of nitrogens with one attached hydrogen (secondary N) is 1. The Morgan fingerprint density at radius 2 is 1.79 bits per heavy atom. The number of amides is 4. The number of aromatic nitrogens is 1. The van der Waals surface area contributed by atoms with Crippen LogP contribution in [-0.4, -0.2) is 29.0 Å². The monoisotopic (exact) mass is 531 g/mol. The summed E-state index contributed by atoms with van der Waals surface area (Å²) in [5.74, 6) is -1.33. The average Bonchev–Trinajstić information content (AvgIpc) is 3.25.